The van der Waals surface area contributed by atoms with E-state index in [2.05, 4.69) is 17.4 Å². The molecule has 0 bridgehead atoms. The van der Waals surface area contributed by atoms with Crippen molar-refractivity contribution in [2.45, 2.75) is 31.0 Å². The molecule has 2 rings (SSSR count). The van der Waals surface area contributed by atoms with Crippen LogP contribution in [0.5, 0.6) is 0 Å². The fourth-order valence-corrected chi connectivity index (χ4v) is 2.69. The molecule has 4 N–H and O–H groups in total. The molecule has 0 saturated carbocycles. The van der Waals surface area contributed by atoms with Gasteiger partial charge in [0.15, 0.2) is 0 Å². The number of ether oxygens (including phenoxy) is 1. The highest BCUT2D eigenvalue weighted by molar-refractivity contribution is 5.37. The zero-order valence-electron chi connectivity index (χ0n) is 10.8. The van der Waals surface area contributed by atoms with Gasteiger partial charge in [-0.05, 0) is 24.0 Å². The molecule has 0 spiro atoms. The summed E-state index contributed by atoms with van der Waals surface area (Å²) in [6.45, 7) is 0.774. The van der Waals surface area contributed by atoms with Gasteiger partial charge in [-0.1, -0.05) is 24.3 Å². The first-order valence-electron chi connectivity index (χ1n) is 6.46. The Morgan fingerprint density at radius 3 is 2.83 bits per heavy atom. The van der Waals surface area contributed by atoms with Gasteiger partial charge in [-0.15, -0.1) is 0 Å². The van der Waals surface area contributed by atoms with Gasteiger partial charge in [0.05, 0.1) is 6.61 Å². The lowest BCUT2D eigenvalue weighted by molar-refractivity contribution is 0.142. The van der Waals surface area contributed by atoms with Crippen LogP contribution < -0.4 is 11.1 Å². The molecule has 0 saturated heterocycles. The fourth-order valence-electron chi connectivity index (χ4n) is 2.69. The minimum absolute atomic E-state index is 0.107. The minimum Gasteiger partial charge on any atom is -0.396 e. The number of aliphatic hydroxyl groups excluding tert-OH is 1. The zero-order chi connectivity index (χ0) is 13.0. The molecular formula is C14H22N2O2. The number of hydrogen-bond donors (Lipinski definition) is 3. The van der Waals surface area contributed by atoms with Crippen molar-refractivity contribution < 1.29 is 9.84 Å². The summed E-state index contributed by atoms with van der Waals surface area (Å²) in [5.74, 6) is 0. The Kier molecular flexibility index (Phi) is 4.72. The molecule has 4 heteroatoms. The number of nitrogens with one attached hydrogen (secondary N) is 1. The quantitative estimate of drug-likeness (QED) is 0.707. The van der Waals surface area contributed by atoms with Gasteiger partial charge in [0.25, 0.3) is 0 Å². The SMILES string of the molecule is COCC(CCO)NC1CC(N)c2ccccc21. The number of hydrogen-bond acceptors (Lipinski definition) is 4. The number of methoxy groups -OCH3 is 1. The van der Waals surface area contributed by atoms with Crippen LogP contribution >= 0.6 is 0 Å². The monoisotopic (exact) mass is 250 g/mol. The standard InChI is InChI=1S/C14H22N2O2/c1-18-9-10(6-7-17)16-14-8-13(15)11-4-2-3-5-12(11)14/h2-5,10,13-14,16-17H,6-9,15H2,1H3. The second-order valence-corrected chi connectivity index (χ2v) is 4.85. The highest BCUT2D eigenvalue weighted by atomic mass is 16.5. The summed E-state index contributed by atoms with van der Waals surface area (Å²) < 4.78 is 5.18. The Morgan fingerprint density at radius 2 is 2.17 bits per heavy atom. The summed E-state index contributed by atoms with van der Waals surface area (Å²) >= 11 is 0. The second kappa shape index (κ2) is 6.29. The molecule has 1 aromatic rings. The molecule has 1 aliphatic rings. The van der Waals surface area contributed by atoms with Crippen LogP contribution in [0.25, 0.3) is 0 Å². The van der Waals surface area contributed by atoms with Crippen molar-refractivity contribution >= 4 is 0 Å². The van der Waals surface area contributed by atoms with Gasteiger partial charge in [0.1, 0.15) is 0 Å². The van der Waals surface area contributed by atoms with E-state index in [-0.39, 0.29) is 24.7 Å². The third-order valence-corrected chi connectivity index (χ3v) is 3.54. The van der Waals surface area contributed by atoms with Gasteiger partial charge in [-0.3, -0.25) is 0 Å². The Labute approximate surface area is 108 Å². The maximum absolute atomic E-state index is 9.06. The summed E-state index contributed by atoms with van der Waals surface area (Å²) in [6.07, 6.45) is 1.60. The van der Waals surface area contributed by atoms with Gasteiger partial charge < -0.3 is 20.9 Å². The summed E-state index contributed by atoms with van der Waals surface area (Å²) in [5, 5.41) is 12.6. The van der Waals surface area contributed by atoms with E-state index in [0.29, 0.717) is 13.0 Å². The lowest BCUT2D eigenvalue weighted by atomic mass is 10.1. The van der Waals surface area contributed by atoms with Crippen LogP contribution in [-0.2, 0) is 4.74 Å². The molecule has 18 heavy (non-hydrogen) atoms. The van der Waals surface area contributed by atoms with E-state index in [1.54, 1.807) is 7.11 Å². The molecule has 4 nitrogen and oxygen atoms in total. The molecule has 1 aromatic carbocycles. The molecule has 100 valence electrons. The molecule has 0 heterocycles. The summed E-state index contributed by atoms with van der Waals surface area (Å²) in [7, 11) is 1.68. The van der Waals surface area contributed by atoms with Crippen LogP contribution in [0, 0.1) is 0 Å². The van der Waals surface area contributed by atoms with Crippen molar-refractivity contribution in [2.24, 2.45) is 5.73 Å². The van der Waals surface area contributed by atoms with E-state index in [1.807, 2.05) is 12.1 Å². The van der Waals surface area contributed by atoms with Crippen molar-refractivity contribution in [1.29, 1.82) is 0 Å². The van der Waals surface area contributed by atoms with Gasteiger partial charge >= 0.3 is 0 Å². The lowest BCUT2D eigenvalue weighted by Crippen LogP contribution is -2.36. The largest absolute Gasteiger partial charge is 0.396 e. The Bertz CT molecular complexity index is 378. The third kappa shape index (κ3) is 2.90. The Hall–Kier alpha value is -0.940. The number of fused-ring (bicyclic) bond motifs is 1. The molecular weight excluding hydrogens is 228 g/mol. The lowest BCUT2D eigenvalue weighted by Gasteiger charge is -2.22. The van der Waals surface area contributed by atoms with E-state index < -0.39 is 0 Å². The molecule has 0 radical (unpaired) electrons. The molecule has 0 amide bonds. The van der Waals surface area contributed by atoms with E-state index in [4.69, 9.17) is 15.6 Å². The van der Waals surface area contributed by atoms with Gasteiger partial charge in [-0.25, -0.2) is 0 Å². The third-order valence-electron chi connectivity index (χ3n) is 3.54. The average molecular weight is 250 g/mol. The predicted molar refractivity (Wildman–Crippen MR) is 71.2 cm³/mol. The van der Waals surface area contributed by atoms with Crippen molar-refractivity contribution in [3.8, 4) is 0 Å². The van der Waals surface area contributed by atoms with Gasteiger partial charge in [0.2, 0.25) is 0 Å². The maximum atomic E-state index is 9.06. The van der Waals surface area contributed by atoms with Crippen LogP contribution in [0.4, 0.5) is 0 Å². The number of nitrogens with two attached hydrogens (primary N) is 1. The van der Waals surface area contributed by atoms with Crippen LogP contribution in [0.3, 0.4) is 0 Å². The van der Waals surface area contributed by atoms with Crippen molar-refractivity contribution in [2.75, 3.05) is 20.3 Å². The van der Waals surface area contributed by atoms with E-state index in [1.165, 1.54) is 11.1 Å². The Morgan fingerprint density at radius 1 is 1.44 bits per heavy atom. The predicted octanol–water partition coefficient (Wildman–Crippen LogP) is 1.12. The number of aliphatic hydroxyl groups is 1. The first-order valence-corrected chi connectivity index (χ1v) is 6.46. The zero-order valence-corrected chi connectivity index (χ0v) is 10.8. The summed E-state index contributed by atoms with van der Waals surface area (Å²) in [4.78, 5) is 0. The van der Waals surface area contributed by atoms with Crippen LogP contribution in [-0.4, -0.2) is 31.5 Å². The molecule has 3 atom stereocenters. The number of benzene rings is 1. The van der Waals surface area contributed by atoms with Crippen molar-refractivity contribution in [1.82, 2.24) is 5.32 Å². The van der Waals surface area contributed by atoms with Gasteiger partial charge in [-0.2, -0.15) is 0 Å². The first kappa shape index (κ1) is 13.5. The normalized spacial score (nSPS) is 23.9. The van der Waals surface area contributed by atoms with Crippen LogP contribution in [0.2, 0.25) is 0 Å². The topological polar surface area (TPSA) is 67.5 Å². The fraction of sp³-hybridized carbons (Fsp3) is 0.571. The maximum Gasteiger partial charge on any atom is 0.0616 e. The van der Waals surface area contributed by atoms with Crippen molar-refractivity contribution in [3.63, 3.8) is 0 Å². The van der Waals surface area contributed by atoms with E-state index >= 15 is 0 Å². The van der Waals surface area contributed by atoms with Crippen LogP contribution in [0.1, 0.15) is 36.1 Å². The second-order valence-electron chi connectivity index (χ2n) is 4.85. The minimum atomic E-state index is 0.107. The van der Waals surface area contributed by atoms with Crippen LogP contribution in [0.15, 0.2) is 24.3 Å². The molecule has 3 unspecified atom stereocenters. The molecule has 1 aliphatic carbocycles. The highest BCUT2D eigenvalue weighted by Crippen LogP contribution is 2.37. The van der Waals surface area contributed by atoms with Crippen molar-refractivity contribution in [3.05, 3.63) is 35.4 Å². The molecule has 0 aliphatic heterocycles. The Balaban J connectivity index is 2.06. The molecule has 0 aromatic heterocycles. The number of rotatable bonds is 6. The molecule has 0 fully saturated rings. The summed E-state index contributed by atoms with van der Waals surface area (Å²) in [5.41, 5.74) is 8.65. The smallest absolute Gasteiger partial charge is 0.0616 e. The van der Waals surface area contributed by atoms with E-state index in [0.717, 1.165) is 6.42 Å². The van der Waals surface area contributed by atoms with Gasteiger partial charge in [0, 0.05) is 31.8 Å². The first-order chi connectivity index (χ1) is 8.76. The highest BCUT2D eigenvalue weighted by Gasteiger charge is 2.29. The average Bonchev–Trinajstić information content (AvgIpc) is 2.68. The van der Waals surface area contributed by atoms with E-state index in [9.17, 15) is 0 Å². The summed E-state index contributed by atoms with van der Waals surface area (Å²) in [6, 6.07) is 8.84.